The Morgan fingerprint density at radius 3 is 2.56 bits per heavy atom. The normalized spacial score (nSPS) is 24.3. The zero-order chi connectivity index (χ0) is 13.2. The van der Waals surface area contributed by atoms with Gasteiger partial charge in [0.1, 0.15) is 5.75 Å². The minimum atomic E-state index is -2.97. The third kappa shape index (κ3) is 3.23. The molecule has 1 aromatic rings. The highest BCUT2D eigenvalue weighted by Crippen LogP contribution is 2.25. The van der Waals surface area contributed by atoms with E-state index in [0.717, 1.165) is 24.8 Å². The molecular formula is C13H19NO3S. The first-order valence-corrected chi connectivity index (χ1v) is 8.12. The molecule has 4 nitrogen and oxygen atoms in total. The Morgan fingerprint density at radius 1 is 1.28 bits per heavy atom. The summed E-state index contributed by atoms with van der Waals surface area (Å²) in [5, 5.41) is 12.2. The first-order valence-electron chi connectivity index (χ1n) is 6.17. The molecule has 0 spiro atoms. The monoisotopic (exact) mass is 269 g/mol. The second-order valence-electron chi connectivity index (χ2n) is 4.95. The maximum atomic E-state index is 11.6. The van der Waals surface area contributed by atoms with E-state index >= 15 is 0 Å². The smallest absolute Gasteiger partial charge is 0.151 e. The Morgan fingerprint density at radius 2 is 1.94 bits per heavy atom. The topological polar surface area (TPSA) is 66.4 Å². The third-order valence-electron chi connectivity index (χ3n) is 3.51. The van der Waals surface area contributed by atoms with Crippen LogP contribution in [-0.2, 0) is 16.4 Å². The first kappa shape index (κ1) is 13.4. The van der Waals surface area contributed by atoms with E-state index in [1.165, 1.54) is 6.26 Å². The van der Waals surface area contributed by atoms with E-state index in [1.54, 1.807) is 12.1 Å². The molecule has 0 radical (unpaired) electrons. The van der Waals surface area contributed by atoms with Crippen molar-refractivity contribution in [2.24, 2.45) is 0 Å². The summed E-state index contributed by atoms with van der Waals surface area (Å²) in [7, 11) is -2.97. The number of sulfone groups is 1. The van der Waals surface area contributed by atoms with Crippen molar-refractivity contribution in [2.75, 3.05) is 6.26 Å². The van der Waals surface area contributed by atoms with Gasteiger partial charge in [0.2, 0.25) is 0 Å². The molecule has 0 bridgehead atoms. The van der Waals surface area contributed by atoms with Crippen LogP contribution in [0.3, 0.4) is 0 Å². The maximum absolute atomic E-state index is 11.6. The highest BCUT2D eigenvalue weighted by molar-refractivity contribution is 7.91. The van der Waals surface area contributed by atoms with E-state index in [-0.39, 0.29) is 17.0 Å². The summed E-state index contributed by atoms with van der Waals surface area (Å²) >= 11 is 0. The van der Waals surface area contributed by atoms with E-state index in [9.17, 15) is 13.5 Å². The fraction of sp³-hybridized carbons (Fsp3) is 0.538. The molecule has 1 aromatic carbocycles. The van der Waals surface area contributed by atoms with Gasteiger partial charge in [0, 0.05) is 18.8 Å². The summed E-state index contributed by atoms with van der Waals surface area (Å²) in [6.45, 7) is 0.636. The van der Waals surface area contributed by atoms with Gasteiger partial charge in [-0.1, -0.05) is 18.6 Å². The van der Waals surface area contributed by atoms with Gasteiger partial charge < -0.3 is 10.4 Å². The number of hydrogen-bond acceptors (Lipinski definition) is 4. The Balaban J connectivity index is 1.96. The number of nitrogens with one attached hydrogen (secondary N) is 1. The molecule has 0 amide bonds. The van der Waals surface area contributed by atoms with Crippen LogP contribution < -0.4 is 5.32 Å². The molecular weight excluding hydrogens is 250 g/mol. The Kier molecular flexibility index (Phi) is 3.92. The second kappa shape index (κ2) is 5.28. The second-order valence-corrected chi connectivity index (χ2v) is 7.22. The summed E-state index contributed by atoms with van der Waals surface area (Å²) in [4.78, 5) is 0. The number of phenolic OH excluding ortho intramolecular Hbond substituents is 1. The molecule has 2 N–H and O–H groups in total. The van der Waals surface area contributed by atoms with Crippen LogP contribution in [0, 0.1) is 0 Å². The fourth-order valence-electron chi connectivity index (χ4n) is 2.53. The predicted octanol–water partition coefficient (Wildman–Crippen LogP) is 1.45. The molecule has 1 aliphatic carbocycles. The summed E-state index contributed by atoms with van der Waals surface area (Å²) in [6, 6.07) is 7.01. The van der Waals surface area contributed by atoms with E-state index in [2.05, 4.69) is 5.32 Å². The quantitative estimate of drug-likeness (QED) is 0.868. The van der Waals surface area contributed by atoms with E-state index in [0.29, 0.717) is 6.54 Å². The minimum Gasteiger partial charge on any atom is -0.508 e. The van der Waals surface area contributed by atoms with Crippen molar-refractivity contribution in [2.45, 2.75) is 37.1 Å². The average Bonchev–Trinajstić information content (AvgIpc) is 2.76. The molecule has 2 atom stereocenters. The van der Waals surface area contributed by atoms with Crippen molar-refractivity contribution >= 4 is 9.84 Å². The SMILES string of the molecule is CS(=O)(=O)C1CCCC1NCc1ccc(O)cc1. The number of benzene rings is 1. The van der Waals surface area contributed by atoms with Crippen molar-refractivity contribution in [1.82, 2.24) is 5.32 Å². The number of hydrogen-bond donors (Lipinski definition) is 2. The lowest BCUT2D eigenvalue weighted by molar-refractivity contribution is 0.474. The van der Waals surface area contributed by atoms with Crippen LogP contribution in [0.15, 0.2) is 24.3 Å². The third-order valence-corrected chi connectivity index (χ3v) is 5.17. The number of rotatable bonds is 4. The number of phenols is 1. The molecule has 0 aromatic heterocycles. The van der Waals surface area contributed by atoms with Crippen molar-refractivity contribution in [3.05, 3.63) is 29.8 Å². The van der Waals surface area contributed by atoms with Gasteiger partial charge in [-0.25, -0.2) is 8.42 Å². The molecule has 2 unspecified atom stereocenters. The zero-order valence-corrected chi connectivity index (χ0v) is 11.3. The molecule has 2 rings (SSSR count). The molecule has 0 heterocycles. The van der Waals surface area contributed by atoms with Crippen molar-refractivity contribution in [3.8, 4) is 5.75 Å². The Hall–Kier alpha value is -1.07. The van der Waals surface area contributed by atoms with Gasteiger partial charge in [-0.05, 0) is 30.5 Å². The highest BCUT2D eigenvalue weighted by atomic mass is 32.2. The van der Waals surface area contributed by atoms with Gasteiger partial charge in [-0.15, -0.1) is 0 Å². The maximum Gasteiger partial charge on any atom is 0.151 e. The summed E-state index contributed by atoms with van der Waals surface area (Å²) in [5.41, 5.74) is 1.05. The van der Waals surface area contributed by atoms with Gasteiger partial charge in [0.15, 0.2) is 9.84 Å². The van der Waals surface area contributed by atoms with Crippen LogP contribution >= 0.6 is 0 Å². The minimum absolute atomic E-state index is 0.0498. The predicted molar refractivity (Wildman–Crippen MR) is 71.2 cm³/mol. The summed E-state index contributed by atoms with van der Waals surface area (Å²) in [5.74, 6) is 0.244. The Bertz CT molecular complexity index is 495. The number of aromatic hydroxyl groups is 1. The van der Waals surface area contributed by atoms with Crippen LogP contribution in [-0.4, -0.2) is 31.1 Å². The first-order chi connectivity index (χ1) is 8.47. The lowest BCUT2D eigenvalue weighted by atomic mass is 10.2. The van der Waals surface area contributed by atoms with Crippen LogP contribution in [0.2, 0.25) is 0 Å². The fourth-order valence-corrected chi connectivity index (χ4v) is 3.96. The van der Waals surface area contributed by atoms with Crippen molar-refractivity contribution in [1.29, 1.82) is 0 Å². The molecule has 0 aliphatic heterocycles. The van der Waals surface area contributed by atoms with Crippen molar-refractivity contribution < 1.29 is 13.5 Å². The molecule has 5 heteroatoms. The lowest BCUT2D eigenvalue weighted by Crippen LogP contribution is -2.39. The van der Waals surface area contributed by atoms with Gasteiger partial charge in [0.25, 0.3) is 0 Å². The van der Waals surface area contributed by atoms with Crippen LogP contribution in [0.5, 0.6) is 5.75 Å². The molecule has 0 saturated heterocycles. The van der Waals surface area contributed by atoms with Crippen LogP contribution in [0.4, 0.5) is 0 Å². The van der Waals surface area contributed by atoms with Crippen molar-refractivity contribution in [3.63, 3.8) is 0 Å². The highest BCUT2D eigenvalue weighted by Gasteiger charge is 2.34. The molecule has 1 aliphatic rings. The van der Waals surface area contributed by atoms with Crippen LogP contribution in [0.25, 0.3) is 0 Å². The molecule has 1 saturated carbocycles. The largest absolute Gasteiger partial charge is 0.508 e. The Labute approximate surface area is 108 Å². The van der Waals surface area contributed by atoms with Gasteiger partial charge in [0.05, 0.1) is 5.25 Å². The van der Waals surface area contributed by atoms with E-state index in [1.807, 2.05) is 12.1 Å². The summed E-state index contributed by atoms with van der Waals surface area (Å²) in [6.07, 6.45) is 3.95. The molecule has 18 heavy (non-hydrogen) atoms. The van der Waals surface area contributed by atoms with Crippen LogP contribution in [0.1, 0.15) is 24.8 Å². The van der Waals surface area contributed by atoms with E-state index in [4.69, 9.17) is 0 Å². The lowest BCUT2D eigenvalue weighted by Gasteiger charge is -2.19. The van der Waals surface area contributed by atoms with E-state index < -0.39 is 9.84 Å². The summed E-state index contributed by atoms with van der Waals surface area (Å²) < 4.78 is 23.3. The standard InChI is InChI=1S/C13H19NO3S/c1-18(16,17)13-4-2-3-12(13)14-9-10-5-7-11(15)8-6-10/h5-8,12-15H,2-4,9H2,1H3. The van der Waals surface area contributed by atoms with Gasteiger partial charge >= 0.3 is 0 Å². The van der Waals surface area contributed by atoms with Gasteiger partial charge in [-0.3, -0.25) is 0 Å². The molecule has 100 valence electrons. The molecule has 1 fully saturated rings. The average molecular weight is 269 g/mol. The zero-order valence-electron chi connectivity index (χ0n) is 10.5. The van der Waals surface area contributed by atoms with Gasteiger partial charge in [-0.2, -0.15) is 0 Å².